The number of sulfonamides is 1. The van der Waals surface area contributed by atoms with E-state index in [4.69, 9.17) is 16.3 Å². The first-order valence-corrected chi connectivity index (χ1v) is 10.3. The fourth-order valence-corrected chi connectivity index (χ4v) is 4.45. The summed E-state index contributed by atoms with van der Waals surface area (Å²) in [5.41, 5.74) is 1.51. The van der Waals surface area contributed by atoms with Crippen molar-refractivity contribution in [1.29, 1.82) is 0 Å². The molecule has 0 aliphatic rings. The molecule has 3 rings (SSSR count). The molecule has 0 unspecified atom stereocenters. The van der Waals surface area contributed by atoms with Gasteiger partial charge in [-0.15, -0.1) is 0 Å². The van der Waals surface area contributed by atoms with Crippen molar-refractivity contribution in [1.82, 2.24) is 0 Å². The number of rotatable bonds is 7. The molecule has 27 heavy (non-hydrogen) atoms. The molecular weight excluding hydrogens is 382 g/mol. The van der Waals surface area contributed by atoms with Crippen molar-refractivity contribution in [2.24, 2.45) is 0 Å². The van der Waals surface area contributed by atoms with Crippen molar-refractivity contribution in [2.75, 3.05) is 17.5 Å². The lowest BCUT2D eigenvalue weighted by molar-refractivity contribution is 0.328. The van der Waals surface area contributed by atoms with E-state index in [2.05, 4.69) is 0 Å². The van der Waals surface area contributed by atoms with Crippen LogP contribution in [0.15, 0.2) is 83.8 Å². The maximum absolute atomic E-state index is 13.2. The molecule has 0 saturated carbocycles. The quantitative estimate of drug-likeness (QED) is 0.564. The van der Waals surface area contributed by atoms with E-state index < -0.39 is 10.0 Å². The molecule has 0 N–H and O–H groups in total. The van der Waals surface area contributed by atoms with Crippen LogP contribution < -0.4 is 9.04 Å². The molecule has 0 fully saturated rings. The second kappa shape index (κ2) is 8.46. The third kappa shape index (κ3) is 4.62. The Hall–Kier alpha value is -2.50. The van der Waals surface area contributed by atoms with Gasteiger partial charge in [-0.3, -0.25) is 4.31 Å². The monoisotopic (exact) mass is 401 g/mol. The molecule has 0 saturated heterocycles. The van der Waals surface area contributed by atoms with Gasteiger partial charge in [0.2, 0.25) is 0 Å². The maximum Gasteiger partial charge on any atom is 0.264 e. The lowest BCUT2D eigenvalue weighted by Crippen LogP contribution is -2.35. The average Bonchev–Trinajstić information content (AvgIpc) is 2.67. The largest absolute Gasteiger partial charge is 0.492 e. The SMILES string of the molecule is Cc1ccccc1N(CCOc1cccc(Cl)c1)S(=O)(=O)c1ccccc1. The van der Waals surface area contributed by atoms with Gasteiger partial charge in [-0.05, 0) is 48.9 Å². The summed E-state index contributed by atoms with van der Waals surface area (Å²) in [4.78, 5) is 0.246. The maximum atomic E-state index is 13.2. The van der Waals surface area contributed by atoms with E-state index in [1.807, 2.05) is 25.1 Å². The molecule has 0 spiro atoms. The van der Waals surface area contributed by atoms with Crippen molar-refractivity contribution < 1.29 is 13.2 Å². The van der Waals surface area contributed by atoms with Gasteiger partial charge in [0.15, 0.2) is 0 Å². The van der Waals surface area contributed by atoms with E-state index in [0.29, 0.717) is 16.5 Å². The third-order valence-electron chi connectivity index (χ3n) is 4.07. The molecule has 0 aromatic heterocycles. The minimum absolute atomic E-state index is 0.175. The predicted octanol–water partition coefficient (Wildman–Crippen LogP) is 4.92. The van der Waals surface area contributed by atoms with Gasteiger partial charge in [0.25, 0.3) is 10.0 Å². The minimum Gasteiger partial charge on any atom is -0.492 e. The highest BCUT2D eigenvalue weighted by atomic mass is 35.5. The standard InChI is InChI=1S/C21H20ClNO3S/c1-17-8-5-6-13-21(17)23(27(24,25)20-11-3-2-4-12-20)14-15-26-19-10-7-9-18(22)16-19/h2-13,16H,14-15H2,1H3. The number of nitrogens with zero attached hydrogens (tertiary/aromatic N) is 1. The second-order valence-electron chi connectivity index (χ2n) is 5.98. The molecule has 0 heterocycles. The van der Waals surface area contributed by atoms with E-state index in [0.717, 1.165) is 5.56 Å². The number of para-hydroxylation sites is 1. The van der Waals surface area contributed by atoms with Gasteiger partial charge in [0.05, 0.1) is 17.1 Å². The third-order valence-corrected chi connectivity index (χ3v) is 6.14. The number of anilines is 1. The van der Waals surface area contributed by atoms with Crippen LogP contribution in [-0.4, -0.2) is 21.6 Å². The Morgan fingerprint density at radius 2 is 1.63 bits per heavy atom. The topological polar surface area (TPSA) is 46.6 Å². The summed E-state index contributed by atoms with van der Waals surface area (Å²) >= 11 is 5.97. The molecular formula is C21H20ClNO3S. The Morgan fingerprint density at radius 3 is 2.33 bits per heavy atom. The van der Waals surface area contributed by atoms with Gasteiger partial charge < -0.3 is 4.74 Å². The second-order valence-corrected chi connectivity index (χ2v) is 8.28. The minimum atomic E-state index is -3.71. The Balaban J connectivity index is 1.88. The predicted molar refractivity (Wildman–Crippen MR) is 109 cm³/mol. The first-order valence-electron chi connectivity index (χ1n) is 8.50. The fourth-order valence-electron chi connectivity index (χ4n) is 2.74. The summed E-state index contributed by atoms with van der Waals surface area (Å²) in [5.74, 6) is 0.601. The Labute approximate surface area is 165 Å². The van der Waals surface area contributed by atoms with Crippen LogP contribution in [0.1, 0.15) is 5.56 Å². The van der Waals surface area contributed by atoms with Gasteiger partial charge in [-0.25, -0.2) is 8.42 Å². The number of ether oxygens (including phenoxy) is 1. The molecule has 4 nitrogen and oxygen atoms in total. The zero-order valence-electron chi connectivity index (χ0n) is 14.9. The van der Waals surface area contributed by atoms with Crippen LogP contribution in [0.4, 0.5) is 5.69 Å². The van der Waals surface area contributed by atoms with Gasteiger partial charge in [-0.2, -0.15) is 0 Å². The summed E-state index contributed by atoms with van der Waals surface area (Å²) in [6.07, 6.45) is 0. The van der Waals surface area contributed by atoms with E-state index in [-0.39, 0.29) is 18.0 Å². The summed E-state index contributed by atoms with van der Waals surface area (Å²) < 4.78 is 33.6. The van der Waals surface area contributed by atoms with Gasteiger partial charge in [0.1, 0.15) is 12.4 Å². The molecule has 3 aromatic rings. The van der Waals surface area contributed by atoms with Crippen LogP contribution in [0.3, 0.4) is 0 Å². The average molecular weight is 402 g/mol. The van der Waals surface area contributed by atoms with Crippen LogP contribution in [-0.2, 0) is 10.0 Å². The molecule has 0 radical (unpaired) electrons. The van der Waals surface area contributed by atoms with Crippen molar-refractivity contribution >= 4 is 27.3 Å². The van der Waals surface area contributed by atoms with Gasteiger partial charge in [0, 0.05) is 5.02 Å². The van der Waals surface area contributed by atoms with E-state index >= 15 is 0 Å². The fraction of sp³-hybridized carbons (Fsp3) is 0.143. The highest BCUT2D eigenvalue weighted by molar-refractivity contribution is 7.92. The highest BCUT2D eigenvalue weighted by Crippen LogP contribution is 2.26. The van der Waals surface area contributed by atoms with E-state index in [1.54, 1.807) is 60.7 Å². The van der Waals surface area contributed by atoms with Crippen LogP contribution in [0, 0.1) is 6.92 Å². The van der Waals surface area contributed by atoms with Gasteiger partial charge >= 0.3 is 0 Å². The smallest absolute Gasteiger partial charge is 0.264 e. The van der Waals surface area contributed by atoms with Gasteiger partial charge in [-0.1, -0.05) is 54.1 Å². The zero-order valence-corrected chi connectivity index (χ0v) is 16.5. The van der Waals surface area contributed by atoms with Crippen LogP contribution in [0.2, 0.25) is 5.02 Å². The summed E-state index contributed by atoms with van der Waals surface area (Å²) in [7, 11) is -3.71. The lowest BCUT2D eigenvalue weighted by Gasteiger charge is -2.26. The molecule has 0 aliphatic heterocycles. The van der Waals surface area contributed by atoms with Crippen LogP contribution >= 0.6 is 11.6 Å². The van der Waals surface area contributed by atoms with Crippen LogP contribution in [0.5, 0.6) is 5.75 Å². The molecule has 140 valence electrons. The zero-order chi connectivity index (χ0) is 19.3. The number of hydrogen-bond acceptors (Lipinski definition) is 3. The van der Waals surface area contributed by atoms with Crippen molar-refractivity contribution in [3.05, 3.63) is 89.4 Å². The number of hydrogen-bond donors (Lipinski definition) is 0. The van der Waals surface area contributed by atoms with E-state index in [1.165, 1.54) is 4.31 Å². The van der Waals surface area contributed by atoms with Crippen molar-refractivity contribution in [2.45, 2.75) is 11.8 Å². The summed E-state index contributed by atoms with van der Waals surface area (Å²) in [5, 5.41) is 0.570. The number of benzene rings is 3. The number of aryl methyl sites for hydroxylation is 1. The molecule has 0 aliphatic carbocycles. The van der Waals surface area contributed by atoms with E-state index in [9.17, 15) is 8.42 Å². The summed E-state index contributed by atoms with van der Waals surface area (Å²) in [6, 6.07) is 22.8. The first-order chi connectivity index (χ1) is 13.0. The first kappa shape index (κ1) is 19.3. The molecule has 0 atom stereocenters. The molecule has 3 aromatic carbocycles. The summed E-state index contributed by atoms with van der Waals surface area (Å²) in [6.45, 7) is 2.26. The molecule has 6 heteroatoms. The van der Waals surface area contributed by atoms with Crippen molar-refractivity contribution in [3.63, 3.8) is 0 Å². The Morgan fingerprint density at radius 1 is 0.926 bits per heavy atom. The molecule has 0 bridgehead atoms. The lowest BCUT2D eigenvalue weighted by atomic mass is 10.2. The Bertz CT molecular complexity index is 1010. The number of halogens is 1. The normalized spacial score (nSPS) is 11.2. The van der Waals surface area contributed by atoms with Crippen molar-refractivity contribution in [3.8, 4) is 5.75 Å². The van der Waals surface area contributed by atoms with Crippen LogP contribution in [0.25, 0.3) is 0 Å². The Kier molecular flexibility index (Phi) is 6.04. The highest BCUT2D eigenvalue weighted by Gasteiger charge is 2.25. The molecule has 0 amide bonds.